The molecule has 10 heteroatoms. The fourth-order valence-corrected chi connectivity index (χ4v) is 7.03. The molecule has 3 aromatic rings. The van der Waals surface area contributed by atoms with Crippen LogP contribution in [-0.4, -0.2) is 72.2 Å². The molecule has 2 heterocycles. The van der Waals surface area contributed by atoms with E-state index < -0.39 is 34.4 Å². The van der Waals surface area contributed by atoms with E-state index in [1.54, 1.807) is 26.0 Å². The van der Waals surface area contributed by atoms with Crippen LogP contribution < -0.4 is 5.32 Å². The largest absolute Gasteiger partial charge is 0.469 e. The molecule has 2 aliphatic rings. The quantitative estimate of drug-likeness (QED) is 0.202. The molecule has 0 bridgehead atoms. The number of methoxy groups -OCH3 is 1. The molecular weight excluding hydrogens is 572 g/mol. The van der Waals surface area contributed by atoms with Crippen molar-refractivity contribution in [2.24, 2.45) is 5.92 Å². The standard InChI is InChI=1S/C35H40N4O6/c1-5-45-33(40)29-24(2)36-35(3,31(34(41)44-4)30(29)27-17-12-18-28(23-27)39(42)43)38-21-19-37(20-22-38)32(25-13-8-6-9-14-25)26-15-10-7-11-16-26/h6-18,23,30-32,36H,5,19-22H2,1-4H3. The van der Waals surface area contributed by atoms with Gasteiger partial charge in [0.25, 0.3) is 5.69 Å². The van der Waals surface area contributed by atoms with Gasteiger partial charge >= 0.3 is 11.9 Å². The number of carbonyl (C=O) groups is 2. The Kier molecular flexibility index (Phi) is 9.65. The Hall–Kier alpha value is -4.54. The van der Waals surface area contributed by atoms with Gasteiger partial charge in [0.05, 0.1) is 30.3 Å². The third kappa shape index (κ3) is 6.34. The zero-order valence-electron chi connectivity index (χ0n) is 26.1. The maximum Gasteiger partial charge on any atom is 0.336 e. The summed E-state index contributed by atoms with van der Waals surface area (Å²) in [5.41, 5.74) is 2.59. The Labute approximate surface area is 263 Å². The zero-order chi connectivity index (χ0) is 32.1. The summed E-state index contributed by atoms with van der Waals surface area (Å²) in [4.78, 5) is 43.2. The van der Waals surface area contributed by atoms with E-state index in [9.17, 15) is 19.7 Å². The van der Waals surface area contributed by atoms with Crippen LogP contribution in [0.25, 0.3) is 0 Å². The second-order valence-electron chi connectivity index (χ2n) is 11.6. The molecule has 0 aromatic heterocycles. The van der Waals surface area contributed by atoms with Crippen molar-refractivity contribution in [2.45, 2.75) is 38.4 Å². The van der Waals surface area contributed by atoms with Gasteiger partial charge in [-0.3, -0.25) is 24.7 Å². The summed E-state index contributed by atoms with van der Waals surface area (Å²) in [7, 11) is 1.32. The number of hydrogen-bond acceptors (Lipinski definition) is 9. The number of nitrogens with one attached hydrogen (secondary N) is 1. The highest BCUT2D eigenvalue weighted by molar-refractivity contribution is 5.93. The molecule has 5 rings (SSSR count). The van der Waals surface area contributed by atoms with Gasteiger partial charge in [0.2, 0.25) is 0 Å². The van der Waals surface area contributed by atoms with E-state index in [0.717, 1.165) is 0 Å². The number of nitro groups is 1. The number of non-ortho nitro benzene ring substituents is 1. The highest BCUT2D eigenvalue weighted by Crippen LogP contribution is 2.47. The van der Waals surface area contributed by atoms with Crippen LogP contribution in [0.15, 0.2) is 96.2 Å². The van der Waals surface area contributed by atoms with Gasteiger partial charge in [-0.2, -0.15) is 0 Å². The fraction of sp³-hybridized carbons (Fsp3) is 0.371. The van der Waals surface area contributed by atoms with Crippen molar-refractivity contribution in [3.63, 3.8) is 0 Å². The molecule has 0 radical (unpaired) electrons. The van der Waals surface area contributed by atoms with Crippen LogP contribution in [0.4, 0.5) is 5.69 Å². The van der Waals surface area contributed by atoms with Gasteiger partial charge in [-0.05, 0) is 37.5 Å². The van der Waals surface area contributed by atoms with E-state index in [4.69, 9.17) is 9.47 Å². The summed E-state index contributed by atoms with van der Waals surface area (Å²) in [6.45, 7) is 8.28. The van der Waals surface area contributed by atoms with Crippen LogP contribution in [0.2, 0.25) is 0 Å². The lowest BCUT2D eigenvalue weighted by Crippen LogP contribution is -2.69. The average Bonchev–Trinajstić information content (AvgIpc) is 3.05. The minimum Gasteiger partial charge on any atom is -0.469 e. The van der Waals surface area contributed by atoms with Crippen molar-refractivity contribution in [3.05, 3.63) is 123 Å². The number of piperazine rings is 1. The molecule has 1 saturated heterocycles. The van der Waals surface area contributed by atoms with E-state index >= 15 is 0 Å². The van der Waals surface area contributed by atoms with E-state index in [1.807, 2.05) is 19.1 Å². The number of nitro benzene ring substituents is 1. The first-order valence-corrected chi connectivity index (χ1v) is 15.3. The van der Waals surface area contributed by atoms with E-state index in [-0.39, 0.29) is 23.9 Å². The van der Waals surface area contributed by atoms with Gasteiger partial charge in [-0.25, -0.2) is 4.79 Å². The first-order chi connectivity index (χ1) is 21.7. The summed E-state index contributed by atoms with van der Waals surface area (Å²) in [6, 6.07) is 27.0. The monoisotopic (exact) mass is 612 g/mol. The summed E-state index contributed by atoms with van der Waals surface area (Å²) in [5, 5.41) is 15.3. The fourth-order valence-electron chi connectivity index (χ4n) is 7.03. The lowest BCUT2D eigenvalue weighted by atomic mass is 9.70. The van der Waals surface area contributed by atoms with Crippen LogP contribution in [0.5, 0.6) is 0 Å². The molecule has 0 spiro atoms. The van der Waals surface area contributed by atoms with Crippen molar-refractivity contribution in [1.82, 2.24) is 15.1 Å². The molecule has 45 heavy (non-hydrogen) atoms. The van der Waals surface area contributed by atoms with Crippen LogP contribution in [-0.2, 0) is 19.1 Å². The number of benzene rings is 3. The second-order valence-corrected chi connectivity index (χ2v) is 11.6. The summed E-state index contributed by atoms with van der Waals surface area (Å²) in [5.74, 6) is -2.86. The van der Waals surface area contributed by atoms with Gasteiger partial charge in [0, 0.05) is 49.9 Å². The number of nitrogens with zero attached hydrogens (tertiary/aromatic N) is 3. The molecule has 0 amide bonds. The van der Waals surface area contributed by atoms with Crippen LogP contribution >= 0.6 is 0 Å². The minimum atomic E-state index is -0.983. The first-order valence-electron chi connectivity index (χ1n) is 15.3. The van der Waals surface area contributed by atoms with Gasteiger partial charge in [0.15, 0.2) is 0 Å². The Morgan fingerprint density at radius 3 is 2.11 bits per heavy atom. The number of allylic oxidation sites excluding steroid dienone is 1. The highest BCUT2D eigenvalue weighted by atomic mass is 16.6. The topological polar surface area (TPSA) is 114 Å². The lowest BCUT2D eigenvalue weighted by Gasteiger charge is -2.54. The van der Waals surface area contributed by atoms with Gasteiger partial charge in [-0.15, -0.1) is 0 Å². The maximum absolute atomic E-state index is 13.8. The van der Waals surface area contributed by atoms with Gasteiger partial charge < -0.3 is 14.8 Å². The smallest absolute Gasteiger partial charge is 0.336 e. The molecule has 0 aliphatic carbocycles. The Morgan fingerprint density at radius 2 is 1.58 bits per heavy atom. The van der Waals surface area contributed by atoms with Crippen molar-refractivity contribution >= 4 is 17.6 Å². The second kappa shape index (κ2) is 13.6. The van der Waals surface area contributed by atoms with Crippen molar-refractivity contribution in [3.8, 4) is 0 Å². The molecule has 3 atom stereocenters. The normalized spacial score (nSPS) is 22.5. The maximum atomic E-state index is 13.8. The summed E-state index contributed by atoms with van der Waals surface area (Å²) >= 11 is 0. The van der Waals surface area contributed by atoms with Gasteiger partial charge in [-0.1, -0.05) is 72.8 Å². The first kappa shape index (κ1) is 31.9. The van der Waals surface area contributed by atoms with Gasteiger partial charge in [0.1, 0.15) is 11.6 Å². The zero-order valence-corrected chi connectivity index (χ0v) is 26.1. The van der Waals surface area contributed by atoms with Crippen molar-refractivity contribution in [1.29, 1.82) is 0 Å². The molecular formula is C35H40N4O6. The predicted molar refractivity (Wildman–Crippen MR) is 170 cm³/mol. The van der Waals surface area contributed by atoms with Crippen LogP contribution in [0.1, 0.15) is 49.4 Å². The number of esters is 2. The molecule has 2 aliphatic heterocycles. The highest BCUT2D eigenvalue weighted by Gasteiger charge is 2.55. The molecule has 3 unspecified atom stereocenters. The lowest BCUT2D eigenvalue weighted by molar-refractivity contribution is -0.384. The third-order valence-electron chi connectivity index (χ3n) is 9.05. The Morgan fingerprint density at radius 1 is 0.978 bits per heavy atom. The number of carbonyl (C=O) groups excluding carboxylic acids is 2. The molecule has 3 aromatic carbocycles. The Bertz CT molecular complexity index is 1520. The molecule has 1 N–H and O–H groups in total. The van der Waals surface area contributed by atoms with Crippen LogP contribution in [0.3, 0.4) is 0 Å². The molecule has 1 fully saturated rings. The van der Waals surface area contributed by atoms with E-state index in [0.29, 0.717) is 37.4 Å². The van der Waals surface area contributed by atoms with E-state index in [1.165, 1.54) is 30.4 Å². The number of rotatable bonds is 9. The predicted octanol–water partition coefficient (Wildman–Crippen LogP) is 5.03. The third-order valence-corrected chi connectivity index (χ3v) is 9.05. The summed E-state index contributed by atoms with van der Waals surface area (Å²) < 4.78 is 10.8. The number of ether oxygens (including phenoxy) is 2. The van der Waals surface area contributed by atoms with Crippen molar-refractivity contribution < 1.29 is 24.0 Å². The molecule has 10 nitrogen and oxygen atoms in total. The minimum absolute atomic E-state index is 0.0627. The summed E-state index contributed by atoms with van der Waals surface area (Å²) in [6.07, 6.45) is 0. The Balaban J connectivity index is 1.53. The SMILES string of the molecule is CCOC(=O)C1=C(C)NC(C)(N2CCN(C(c3ccccc3)c3ccccc3)CC2)C(C(=O)OC)C1c1cccc([N+](=O)[O-])c1. The average molecular weight is 613 g/mol. The number of hydrogen-bond donors (Lipinski definition) is 1. The van der Waals surface area contributed by atoms with Crippen molar-refractivity contribution in [2.75, 3.05) is 39.9 Å². The van der Waals surface area contributed by atoms with Crippen LogP contribution in [0, 0.1) is 16.0 Å². The molecule has 0 saturated carbocycles. The molecule has 236 valence electrons. The van der Waals surface area contributed by atoms with E-state index in [2.05, 4.69) is 63.6 Å².